The highest BCUT2D eigenvalue weighted by molar-refractivity contribution is 5.83. The Labute approximate surface area is 77.0 Å². The molecule has 1 aliphatic rings. The molecule has 1 saturated heterocycles. The second kappa shape index (κ2) is 3.30. The van der Waals surface area contributed by atoms with Crippen LogP contribution in [0.4, 0.5) is 0 Å². The normalized spacial score (nSPS) is 17.0. The van der Waals surface area contributed by atoms with Crippen LogP contribution in [0.1, 0.15) is 5.82 Å². The van der Waals surface area contributed by atoms with Gasteiger partial charge in [-0.3, -0.25) is 4.79 Å². The molecule has 0 bridgehead atoms. The lowest BCUT2D eigenvalue weighted by atomic mass is 9.96. The first-order valence-electron chi connectivity index (χ1n) is 4.47. The highest BCUT2D eigenvalue weighted by atomic mass is 16.1. The molecule has 1 fully saturated rings. The lowest BCUT2D eigenvalue weighted by molar-refractivity contribution is -0.123. The topological polar surface area (TPSA) is 46.9 Å². The Bertz CT molecular complexity index is 314. The van der Waals surface area contributed by atoms with Gasteiger partial charge in [0, 0.05) is 38.4 Å². The number of hydrogen-bond acceptors (Lipinski definition) is 3. The van der Waals surface area contributed by atoms with Gasteiger partial charge in [0.1, 0.15) is 11.6 Å². The maximum Gasteiger partial charge on any atom is 0.146 e. The Morgan fingerprint density at radius 3 is 3.00 bits per heavy atom. The van der Waals surface area contributed by atoms with E-state index in [1.54, 1.807) is 6.20 Å². The molecule has 0 unspecified atom stereocenters. The van der Waals surface area contributed by atoms with E-state index in [2.05, 4.69) is 10.3 Å². The Balaban J connectivity index is 1.97. The van der Waals surface area contributed by atoms with Crippen molar-refractivity contribution in [1.29, 1.82) is 0 Å². The molecule has 0 amide bonds. The van der Waals surface area contributed by atoms with Crippen LogP contribution in [0.3, 0.4) is 0 Å². The Kier molecular flexibility index (Phi) is 2.14. The van der Waals surface area contributed by atoms with Gasteiger partial charge in [-0.2, -0.15) is 0 Å². The molecule has 70 valence electrons. The van der Waals surface area contributed by atoms with E-state index in [0.717, 1.165) is 18.9 Å². The van der Waals surface area contributed by atoms with Crippen LogP contribution in [0.15, 0.2) is 12.4 Å². The minimum atomic E-state index is 0.219. The first kappa shape index (κ1) is 8.44. The quantitative estimate of drug-likeness (QED) is 0.696. The number of aryl methyl sites for hydroxylation is 1. The minimum Gasteiger partial charge on any atom is -0.338 e. The molecule has 0 aliphatic carbocycles. The molecule has 2 rings (SSSR count). The van der Waals surface area contributed by atoms with Crippen molar-refractivity contribution in [3.8, 4) is 0 Å². The van der Waals surface area contributed by atoms with E-state index in [4.69, 9.17) is 0 Å². The van der Waals surface area contributed by atoms with Gasteiger partial charge in [-0.1, -0.05) is 0 Å². The van der Waals surface area contributed by atoms with Crippen molar-refractivity contribution in [3.05, 3.63) is 18.2 Å². The van der Waals surface area contributed by atoms with Crippen molar-refractivity contribution in [2.75, 3.05) is 13.1 Å². The van der Waals surface area contributed by atoms with Crippen LogP contribution in [-0.2, 0) is 18.3 Å². The number of imidazole rings is 1. The van der Waals surface area contributed by atoms with Gasteiger partial charge in [0.15, 0.2) is 0 Å². The average Bonchev–Trinajstić information content (AvgIpc) is 2.32. The van der Waals surface area contributed by atoms with Crippen LogP contribution in [0.2, 0.25) is 0 Å². The fourth-order valence-corrected chi connectivity index (χ4v) is 1.38. The van der Waals surface area contributed by atoms with Crippen molar-refractivity contribution < 1.29 is 4.79 Å². The molecule has 0 radical (unpaired) electrons. The first-order chi connectivity index (χ1) is 6.27. The number of carbonyl (C=O) groups excluding carboxylic acids is 1. The van der Waals surface area contributed by atoms with Crippen LogP contribution in [0, 0.1) is 5.92 Å². The monoisotopic (exact) mass is 179 g/mol. The van der Waals surface area contributed by atoms with Crippen LogP contribution in [-0.4, -0.2) is 28.4 Å². The minimum absolute atomic E-state index is 0.219. The summed E-state index contributed by atoms with van der Waals surface area (Å²) in [4.78, 5) is 15.7. The van der Waals surface area contributed by atoms with E-state index in [-0.39, 0.29) is 5.92 Å². The van der Waals surface area contributed by atoms with E-state index >= 15 is 0 Å². The summed E-state index contributed by atoms with van der Waals surface area (Å²) in [6.45, 7) is 1.67. The maximum absolute atomic E-state index is 11.6. The van der Waals surface area contributed by atoms with E-state index in [0.29, 0.717) is 12.2 Å². The number of carbonyl (C=O) groups is 1. The summed E-state index contributed by atoms with van der Waals surface area (Å²) in [5, 5.41) is 3.09. The molecule has 1 N–H and O–H groups in total. The summed E-state index contributed by atoms with van der Waals surface area (Å²) < 4.78 is 1.89. The standard InChI is InChI=1S/C9H13N3O/c1-12-3-2-11-9(12)4-8(13)7-5-10-6-7/h2-3,7,10H,4-6H2,1H3. The molecular weight excluding hydrogens is 166 g/mol. The molecule has 4 heteroatoms. The third-order valence-corrected chi connectivity index (χ3v) is 2.49. The molecule has 0 aromatic carbocycles. The molecule has 0 atom stereocenters. The Morgan fingerprint density at radius 1 is 1.77 bits per heavy atom. The van der Waals surface area contributed by atoms with Crippen molar-refractivity contribution >= 4 is 5.78 Å². The zero-order valence-electron chi connectivity index (χ0n) is 7.66. The van der Waals surface area contributed by atoms with Crippen LogP contribution in [0.25, 0.3) is 0 Å². The third kappa shape index (κ3) is 1.62. The second-order valence-electron chi connectivity index (χ2n) is 3.45. The number of aromatic nitrogens is 2. The lowest BCUT2D eigenvalue weighted by Gasteiger charge is -2.25. The number of rotatable bonds is 3. The number of ketones is 1. The van der Waals surface area contributed by atoms with Gasteiger partial charge in [-0.25, -0.2) is 4.98 Å². The molecule has 0 saturated carbocycles. The summed E-state index contributed by atoms with van der Waals surface area (Å²) in [6.07, 6.45) is 4.05. The molecule has 0 spiro atoms. The zero-order chi connectivity index (χ0) is 9.26. The van der Waals surface area contributed by atoms with Crippen molar-refractivity contribution in [3.63, 3.8) is 0 Å². The molecule has 4 nitrogen and oxygen atoms in total. The van der Waals surface area contributed by atoms with Crippen LogP contribution >= 0.6 is 0 Å². The predicted octanol–water partition coefficient (Wildman–Crippen LogP) is -0.249. The summed E-state index contributed by atoms with van der Waals surface area (Å²) in [5.41, 5.74) is 0. The van der Waals surface area contributed by atoms with Crippen molar-refractivity contribution in [1.82, 2.24) is 14.9 Å². The van der Waals surface area contributed by atoms with Gasteiger partial charge in [0.2, 0.25) is 0 Å². The van der Waals surface area contributed by atoms with E-state index < -0.39 is 0 Å². The van der Waals surface area contributed by atoms with Gasteiger partial charge < -0.3 is 9.88 Å². The highest BCUT2D eigenvalue weighted by Gasteiger charge is 2.25. The molecule has 13 heavy (non-hydrogen) atoms. The number of Topliss-reactive ketones (excluding diaryl/α,β-unsaturated/α-hetero) is 1. The molecule has 1 aromatic rings. The van der Waals surface area contributed by atoms with Gasteiger partial charge in [0.05, 0.1) is 6.42 Å². The largest absolute Gasteiger partial charge is 0.338 e. The fraction of sp³-hybridized carbons (Fsp3) is 0.556. The highest BCUT2D eigenvalue weighted by Crippen LogP contribution is 2.08. The number of hydrogen-bond donors (Lipinski definition) is 1. The maximum atomic E-state index is 11.6. The summed E-state index contributed by atoms with van der Waals surface area (Å²) >= 11 is 0. The number of nitrogens with one attached hydrogen (secondary N) is 1. The van der Waals surface area contributed by atoms with Gasteiger partial charge in [-0.15, -0.1) is 0 Å². The van der Waals surface area contributed by atoms with Gasteiger partial charge >= 0.3 is 0 Å². The summed E-state index contributed by atoms with van der Waals surface area (Å²) in [6, 6.07) is 0. The molecule has 2 heterocycles. The van der Waals surface area contributed by atoms with Gasteiger partial charge in [-0.05, 0) is 0 Å². The smallest absolute Gasteiger partial charge is 0.146 e. The SMILES string of the molecule is Cn1ccnc1CC(=O)C1CNC1. The molecule has 1 aliphatic heterocycles. The lowest BCUT2D eigenvalue weighted by Crippen LogP contribution is -2.47. The molecule has 1 aromatic heterocycles. The van der Waals surface area contributed by atoms with E-state index in [1.165, 1.54) is 0 Å². The van der Waals surface area contributed by atoms with Crippen molar-refractivity contribution in [2.45, 2.75) is 6.42 Å². The van der Waals surface area contributed by atoms with Gasteiger partial charge in [0.25, 0.3) is 0 Å². The third-order valence-electron chi connectivity index (χ3n) is 2.49. The Hall–Kier alpha value is -1.16. The number of nitrogens with zero attached hydrogens (tertiary/aromatic N) is 2. The zero-order valence-corrected chi connectivity index (χ0v) is 7.66. The molecular formula is C9H13N3O. The average molecular weight is 179 g/mol. The fourth-order valence-electron chi connectivity index (χ4n) is 1.38. The Morgan fingerprint density at radius 2 is 2.54 bits per heavy atom. The summed E-state index contributed by atoms with van der Waals surface area (Å²) in [7, 11) is 1.91. The first-order valence-corrected chi connectivity index (χ1v) is 4.47. The van der Waals surface area contributed by atoms with Crippen molar-refractivity contribution in [2.24, 2.45) is 13.0 Å². The second-order valence-corrected chi connectivity index (χ2v) is 3.45. The predicted molar refractivity (Wildman–Crippen MR) is 48.3 cm³/mol. The van der Waals surface area contributed by atoms with E-state index in [9.17, 15) is 4.79 Å². The van der Waals surface area contributed by atoms with E-state index in [1.807, 2.05) is 17.8 Å². The summed E-state index contributed by atoms with van der Waals surface area (Å²) in [5.74, 6) is 1.38. The van der Waals surface area contributed by atoms with Crippen LogP contribution < -0.4 is 5.32 Å². The van der Waals surface area contributed by atoms with Crippen LogP contribution in [0.5, 0.6) is 0 Å².